The summed E-state index contributed by atoms with van der Waals surface area (Å²) in [4.78, 5) is 28.0. The van der Waals surface area contributed by atoms with Crippen molar-refractivity contribution in [2.45, 2.75) is 32.4 Å². The lowest BCUT2D eigenvalue weighted by atomic mass is 10.00. The first-order valence-electron chi connectivity index (χ1n) is 9.52. The van der Waals surface area contributed by atoms with Crippen LogP contribution in [0, 0.1) is 0 Å². The summed E-state index contributed by atoms with van der Waals surface area (Å²) in [6.45, 7) is 4.77. The predicted molar refractivity (Wildman–Crippen MR) is 112 cm³/mol. The number of thiophene rings is 1. The molecule has 0 saturated carbocycles. The zero-order valence-electron chi connectivity index (χ0n) is 16.8. The van der Waals surface area contributed by atoms with E-state index in [2.05, 4.69) is 0 Å². The number of hydrogen-bond acceptors (Lipinski definition) is 6. The second-order valence-corrected chi connectivity index (χ2v) is 7.99. The van der Waals surface area contributed by atoms with Gasteiger partial charge in [0.05, 0.1) is 24.8 Å². The van der Waals surface area contributed by atoms with Gasteiger partial charge in [0.1, 0.15) is 11.5 Å². The molecule has 1 saturated heterocycles. The average molecular weight is 416 g/mol. The van der Waals surface area contributed by atoms with Crippen LogP contribution in [-0.4, -0.2) is 48.1 Å². The van der Waals surface area contributed by atoms with Crippen molar-refractivity contribution in [3.63, 3.8) is 0 Å². The van der Waals surface area contributed by atoms with Gasteiger partial charge in [-0.1, -0.05) is 6.07 Å². The van der Waals surface area contributed by atoms with Gasteiger partial charge in [0.25, 0.3) is 11.7 Å². The van der Waals surface area contributed by atoms with Gasteiger partial charge in [-0.2, -0.15) is 0 Å². The fourth-order valence-electron chi connectivity index (χ4n) is 3.31. The molecular formula is C22H25NO5S. The molecule has 154 valence electrons. The number of ether oxygens (including phenoxy) is 2. The van der Waals surface area contributed by atoms with Crippen molar-refractivity contribution >= 4 is 28.8 Å². The summed E-state index contributed by atoms with van der Waals surface area (Å²) < 4.78 is 10.7. The summed E-state index contributed by atoms with van der Waals surface area (Å²) in [5.74, 6) is -0.795. The van der Waals surface area contributed by atoms with Gasteiger partial charge < -0.3 is 19.5 Å². The number of amides is 1. The third-order valence-electron chi connectivity index (χ3n) is 4.71. The molecule has 1 aromatic carbocycles. The first-order valence-corrected chi connectivity index (χ1v) is 10.4. The van der Waals surface area contributed by atoms with Crippen LogP contribution in [0.25, 0.3) is 5.76 Å². The second kappa shape index (κ2) is 9.24. The highest BCUT2D eigenvalue weighted by atomic mass is 32.1. The minimum Gasteiger partial charge on any atom is -0.507 e. The number of carbonyl (C=O) groups is 2. The summed E-state index contributed by atoms with van der Waals surface area (Å²) in [6, 6.07) is 9.89. The third kappa shape index (κ3) is 4.52. The maximum atomic E-state index is 12.8. The second-order valence-electron chi connectivity index (χ2n) is 7.01. The molecule has 1 N–H and O–H groups in total. The van der Waals surface area contributed by atoms with Crippen LogP contribution in [0.3, 0.4) is 0 Å². The molecule has 0 radical (unpaired) electrons. The number of aliphatic hydroxyl groups is 1. The number of Topliss-reactive ketones (excluding diaryl/α,β-unsaturated/α-hetero) is 1. The van der Waals surface area contributed by atoms with Gasteiger partial charge >= 0.3 is 0 Å². The van der Waals surface area contributed by atoms with E-state index >= 15 is 0 Å². The van der Waals surface area contributed by atoms with Gasteiger partial charge in [0.15, 0.2) is 0 Å². The SMILES string of the molecule is COc1ccc(/C(O)=C2/C(=O)C(=O)N(CCCOC(C)C)C2c2cccs2)cc1. The monoisotopic (exact) mass is 415 g/mol. The lowest BCUT2D eigenvalue weighted by Crippen LogP contribution is -2.31. The van der Waals surface area contributed by atoms with Crippen molar-refractivity contribution < 1.29 is 24.2 Å². The van der Waals surface area contributed by atoms with Crippen molar-refractivity contribution in [2.24, 2.45) is 0 Å². The van der Waals surface area contributed by atoms with E-state index in [9.17, 15) is 14.7 Å². The molecule has 1 aromatic heterocycles. The standard InChI is InChI=1S/C22H25NO5S/c1-14(2)28-12-5-11-23-19(17-6-4-13-29-17)18(21(25)22(23)26)20(24)15-7-9-16(27-3)10-8-15/h4,6-10,13-14,19,24H,5,11-12H2,1-3H3/b20-18-. The minimum atomic E-state index is -0.665. The van der Waals surface area contributed by atoms with E-state index in [1.807, 2.05) is 31.4 Å². The largest absolute Gasteiger partial charge is 0.507 e. The molecule has 6 nitrogen and oxygen atoms in total. The van der Waals surface area contributed by atoms with Crippen molar-refractivity contribution in [2.75, 3.05) is 20.3 Å². The summed E-state index contributed by atoms with van der Waals surface area (Å²) in [5.41, 5.74) is 0.584. The quantitative estimate of drug-likeness (QED) is 0.305. The van der Waals surface area contributed by atoms with Gasteiger partial charge in [-0.15, -0.1) is 11.3 Å². The number of carbonyl (C=O) groups excluding carboxylic acids is 2. The van der Waals surface area contributed by atoms with Crippen LogP contribution >= 0.6 is 11.3 Å². The highest BCUT2D eigenvalue weighted by Gasteiger charge is 2.46. The van der Waals surface area contributed by atoms with Crippen molar-refractivity contribution in [3.05, 3.63) is 57.8 Å². The van der Waals surface area contributed by atoms with Crippen LogP contribution in [0.2, 0.25) is 0 Å². The Morgan fingerprint density at radius 3 is 2.52 bits per heavy atom. The van der Waals surface area contributed by atoms with Crippen LogP contribution in [0.15, 0.2) is 47.4 Å². The maximum absolute atomic E-state index is 12.8. The predicted octanol–water partition coefficient (Wildman–Crippen LogP) is 3.99. The number of likely N-dealkylation sites (tertiary alicyclic amines) is 1. The number of rotatable bonds is 8. The number of aliphatic hydroxyl groups excluding tert-OH is 1. The molecule has 29 heavy (non-hydrogen) atoms. The third-order valence-corrected chi connectivity index (χ3v) is 5.64. The van der Waals surface area contributed by atoms with Gasteiger partial charge in [-0.3, -0.25) is 9.59 Å². The maximum Gasteiger partial charge on any atom is 0.295 e. The fraction of sp³-hybridized carbons (Fsp3) is 0.364. The summed E-state index contributed by atoms with van der Waals surface area (Å²) in [7, 11) is 1.56. The highest BCUT2D eigenvalue weighted by Crippen LogP contribution is 2.41. The summed E-state index contributed by atoms with van der Waals surface area (Å²) in [5, 5.41) is 12.8. The highest BCUT2D eigenvalue weighted by molar-refractivity contribution is 7.10. The summed E-state index contributed by atoms with van der Waals surface area (Å²) in [6.07, 6.45) is 0.712. The molecule has 2 aromatic rings. The van der Waals surface area contributed by atoms with E-state index in [1.165, 1.54) is 16.2 Å². The minimum absolute atomic E-state index is 0.105. The molecule has 1 unspecified atom stereocenters. The molecule has 1 aliphatic heterocycles. The molecular weight excluding hydrogens is 390 g/mol. The van der Waals surface area contributed by atoms with Gasteiger partial charge in [-0.05, 0) is 56.0 Å². The molecule has 1 fully saturated rings. The van der Waals surface area contributed by atoms with E-state index in [0.29, 0.717) is 30.9 Å². The number of methoxy groups -OCH3 is 1. The van der Waals surface area contributed by atoms with E-state index in [1.54, 1.807) is 31.4 Å². The smallest absolute Gasteiger partial charge is 0.295 e. The zero-order chi connectivity index (χ0) is 21.0. The van der Waals surface area contributed by atoms with E-state index < -0.39 is 17.7 Å². The first-order chi connectivity index (χ1) is 13.9. The topological polar surface area (TPSA) is 76.1 Å². The average Bonchev–Trinajstić information content (AvgIpc) is 3.32. The first kappa shape index (κ1) is 21.1. The van der Waals surface area contributed by atoms with Crippen LogP contribution < -0.4 is 4.74 Å². The lowest BCUT2D eigenvalue weighted by Gasteiger charge is -2.24. The fourth-order valence-corrected chi connectivity index (χ4v) is 4.16. The van der Waals surface area contributed by atoms with Crippen molar-refractivity contribution in [3.8, 4) is 5.75 Å². The number of benzene rings is 1. The molecule has 0 bridgehead atoms. The van der Waals surface area contributed by atoms with Crippen LogP contribution in [0.4, 0.5) is 0 Å². The Hall–Kier alpha value is -2.64. The van der Waals surface area contributed by atoms with Gasteiger partial charge in [0.2, 0.25) is 0 Å². The Labute approximate surface area is 174 Å². The Kier molecular flexibility index (Phi) is 6.71. The van der Waals surface area contributed by atoms with Crippen LogP contribution in [-0.2, 0) is 14.3 Å². The Bertz CT molecular complexity index is 886. The van der Waals surface area contributed by atoms with E-state index in [-0.39, 0.29) is 17.4 Å². The Morgan fingerprint density at radius 2 is 1.93 bits per heavy atom. The number of hydrogen-bond donors (Lipinski definition) is 1. The molecule has 1 amide bonds. The molecule has 1 aliphatic rings. The van der Waals surface area contributed by atoms with Crippen LogP contribution in [0.5, 0.6) is 5.75 Å². The summed E-state index contributed by atoms with van der Waals surface area (Å²) >= 11 is 1.45. The van der Waals surface area contributed by atoms with Gasteiger partial charge in [-0.25, -0.2) is 0 Å². The van der Waals surface area contributed by atoms with Gasteiger partial charge in [0, 0.05) is 23.6 Å². The molecule has 2 heterocycles. The number of ketones is 1. The lowest BCUT2D eigenvalue weighted by molar-refractivity contribution is -0.140. The normalized spacial score (nSPS) is 18.6. The molecule has 0 spiro atoms. The molecule has 3 rings (SSSR count). The molecule has 1 atom stereocenters. The van der Waals surface area contributed by atoms with Crippen LogP contribution in [0.1, 0.15) is 36.8 Å². The molecule has 0 aliphatic carbocycles. The van der Waals surface area contributed by atoms with Crippen molar-refractivity contribution in [1.29, 1.82) is 0 Å². The van der Waals surface area contributed by atoms with E-state index in [0.717, 1.165) is 4.88 Å². The number of nitrogens with zero attached hydrogens (tertiary/aromatic N) is 1. The molecule has 7 heteroatoms. The van der Waals surface area contributed by atoms with Crippen molar-refractivity contribution in [1.82, 2.24) is 4.90 Å². The van der Waals surface area contributed by atoms with E-state index in [4.69, 9.17) is 9.47 Å². The Morgan fingerprint density at radius 1 is 1.21 bits per heavy atom. The Balaban J connectivity index is 1.95. The zero-order valence-corrected chi connectivity index (χ0v) is 17.6.